The fraction of sp³-hybridized carbons (Fsp3) is 0.800. The highest BCUT2D eigenvalue weighted by molar-refractivity contribution is 5.93. The van der Waals surface area contributed by atoms with Crippen molar-refractivity contribution < 1.29 is 19.2 Å². The number of hydrogen-bond acceptors (Lipinski definition) is 6. The van der Waals surface area contributed by atoms with Crippen molar-refractivity contribution in [1.29, 1.82) is 0 Å². The first-order valence-electron chi connectivity index (χ1n) is 10.4. The molecule has 7 N–H and O–H groups in total. The van der Waals surface area contributed by atoms with Crippen LogP contribution in [0, 0.1) is 11.8 Å². The fourth-order valence-electron chi connectivity index (χ4n) is 2.61. The summed E-state index contributed by atoms with van der Waals surface area (Å²) in [6.45, 7) is 9.46. The third-order valence-corrected chi connectivity index (χ3v) is 5.03. The van der Waals surface area contributed by atoms with E-state index in [2.05, 4.69) is 16.0 Å². The highest BCUT2D eigenvalue weighted by atomic mass is 16.2. The summed E-state index contributed by atoms with van der Waals surface area (Å²) in [5.74, 6) is -1.54. The van der Waals surface area contributed by atoms with Crippen LogP contribution in [0.3, 0.4) is 0 Å². The number of unbranched alkanes of at least 4 members (excludes halogenated alkanes) is 1. The molecule has 0 bridgehead atoms. The second-order valence-electron chi connectivity index (χ2n) is 7.91. The Labute approximate surface area is 174 Å². The smallest absolute Gasteiger partial charge is 0.243 e. The van der Waals surface area contributed by atoms with Gasteiger partial charge in [0.15, 0.2) is 0 Å². The van der Waals surface area contributed by atoms with E-state index in [1.54, 1.807) is 0 Å². The second kappa shape index (κ2) is 14.1. The van der Waals surface area contributed by atoms with Crippen LogP contribution in [-0.2, 0) is 19.2 Å². The molecule has 5 atom stereocenters. The highest BCUT2D eigenvalue weighted by Crippen LogP contribution is 2.10. The van der Waals surface area contributed by atoms with Crippen LogP contribution in [0.25, 0.3) is 0 Å². The van der Waals surface area contributed by atoms with Gasteiger partial charge >= 0.3 is 0 Å². The first-order valence-corrected chi connectivity index (χ1v) is 10.4. The van der Waals surface area contributed by atoms with E-state index in [0.717, 1.165) is 12.8 Å². The number of aldehydes is 1. The summed E-state index contributed by atoms with van der Waals surface area (Å²) < 4.78 is 0. The Morgan fingerprint density at radius 3 is 2.03 bits per heavy atom. The van der Waals surface area contributed by atoms with Crippen molar-refractivity contribution >= 4 is 24.0 Å². The minimum Gasteiger partial charge on any atom is -0.345 e. The summed E-state index contributed by atoms with van der Waals surface area (Å²) in [4.78, 5) is 48.5. The SMILES string of the molecule is CC[C@H](C)[C@H](NC(=O)[C@@H](N)C(C)C)C(=O)N[C@@H](C)C(=O)N[C@H](C=O)CCCCN. The summed E-state index contributed by atoms with van der Waals surface area (Å²) in [6.07, 6.45) is 3.31. The predicted molar refractivity (Wildman–Crippen MR) is 113 cm³/mol. The van der Waals surface area contributed by atoms with Gasteiger partial charge in [0.2, 0.25) is 17.7 Å². The van der Waals surface area contributed by atoms with Crippen molar-refractivity contribution in [1.82, 2.24) is 16.0 Å². The quantitative estimate of drug-likeness (QED) is 0.196. The molecular weight excluding hydrogens is 374 g/mol. The molecule has 0 fully saturated rings. The standard InChI is InChI=1S/C20H39N5O4/c1-6-13(4)17(25-19(28)16(22)12(2)3)20(29)23-14(5)18(27)24-15(11-26)9-7-8-10-21/h11-17H,6-10,21-22H2,1-5H3,(H,23,29)(H,24,27)(H,25,28)/t13-,14-,15-,16-,17-/m0/s1. The Hall–Kier alpha value is -2.00. The van der Waals surface area contributed by atoms with Crippen LogP contribution in [0.1, 0.15) is 60.3 Å². The van der Waals surface area contributed by atoms with Crippen molar-refractivity contribution in [3.63, 3.8) is 0 Å². The van der Waals surface area contributed by atoms with Crippen LogP contribution >= 0.6 is 0 Å². The van der Waals surface area contributed by atoms with Crippen LogP contribution in [-0.4, -0.2) is 54.7 Å². The Morgan fingerprint density at radius 2 is 1.55 bits per heavy atom. The number of nitrogens with two attached hydrogens (primary N) is 2. The number of carbonyl (C=O) groups excluding carboxylic acids is 4. The van der Waals surface area contributed by atoms with Crippen molar-refractivity contribution in [3.8, 4) is 0 Å². The molecule has 0 aliphatic rings. The third-order valence-electron chi connectivity index (χ3n) is 5.03. The van der Waals surface area contributed by atoms with Gasteiger partial charge in [-0.05, 0) is 44.6 Å². The van der Waals surface area contributed by atoms with Gasteiger partial charge in [-0.15, -0.1) is 0 Å². The average Bonchev–Trinajstić information content (AvgIpc) is 2.69. The molecule has 0 aromatic carbocycles. The van der Waals surface area contributed by atoms with Gasteiger partial charge in [-0.25, -0.2) is 0 Å². The maximum Gasteiger partial charge on any atom is 0.243 e. The van der Waals surface area contributed by atoms with E-state index in [4.69, 9.17) is 11.5 Å². The van der Waals surface area contributed by atoms with Crippen molar-refractivity contribution in [3.05, 3.63) is 0 Å². The van der Waals surface area contributed by atoms with E-state index in [1.165, 1.54) is 6.92 Å². The van der Waals surface area contributed by atoms with Crippen LogP contribution in [0.2, 0.25) is 0 Å². The molecule has 0 aliphatic carbocycles. The van der Waals surface area contributed by atoms with Gasteiger partial charge in [-0.1, -0.05) is 34.1 Å². The Balaban J connectivity index is 4.94. The molecule has 9 heteroatoms. The lowest BCUT2D eigenvalue weighted by Crippen LogP contribution is -2.58. The van der Waals surface area contributed by atoms with E-state index < -0.39 is 41.9 Å². The predicted octanol–water partition coefficient (Wildman–Crippen LogP) is -0.182. The topological polar surface area (TPSA) is 156 Å². The van der Waals surface area contributed by atoms with Crippen molar-refractivity contribution in [2.24, 2.45) is 23.3 Å². The molecule has 0 aromatic rings. The molecule has 0 saturated carbocycles. The van der Waals surface area contributed by atoms with Gasteiger partial charge in [-0.3, -0.25) is 14.4 Å². The van der Waals surface area contributed by atoms with Crippen LogP contribution in [0.4, 0.5) is 0 Å². The van der Waals surface area contributed by atoms with E-state index in [1.807, 2.05) is 27.7 Å². The zero-order chi connectivity index (χ0) is 22.6. The highest BCUT2D eigenvalue weighted by Gasteiger charge is 2.30. The summed E-state index contributed by atoms with van der Waals surface area (Å²) in [7, 11) is 0. The van der Waals surface area contributed by atoms with Gasteiger partial charge in [0.25, 0.3) is 0 Å². The van der Waals surface area contributed by atoms with E-state index in [-0.39, 0.29) is 11.8 Å². The normalized spacial score (nSPS) is 16.3. The first-order chi connectivity index (χ1) is 13.6. The van der Waals surface area contributed by atoms with Gasteiger partial charge in [0, 0.05) is 0 Å². The fourth-order valence-corrected chi connectivity index (χ4v) is 2.61. The average molecular weight is 414 g/mol. The lowest BCUT2D eigenvalue weighted by Gasteiger charge is -2.27. The minimum atomic E-state index is -0.860. The van der Waals surface area contributed by atoms with E-state index in [9.17, 15) is 19.2 Å². The third kappa shape index (κ3) is 9.85. The molecule has 0 aromatic heterocycles. The monoisotopic (exact) mass is 413 g/mol. The van der Waals surface area contributed by atoms with Crippen LogP contribution in [0.5, 0.6) is 0 Å². The maximum absolute atomic E-state index is 12.7. The molecule has 0 rings (SSSR count). The Bertz CT molecular complexity index is 541. The summed E-state index contributed by atoms with van der Waals surface area (Å²) >= 11 is 0. The number of nitrogens with one attached hydrogen (secondary N) is 3. The number of carbonyl (C=O) groups is 4. The van der Waals surface area contributed by atoms with Gasteiger partial charge in [0.1, 0.15) is 18.4 Å². The number of amides is 3. The summed E-state index contributed by atoms with van der Waals surface area (Å²) in [6, 6.07) is -3.01. The molecule has 3 amide bonds. The Morgan fingerprint density at radius 1 is 0.931 bits per heavy atom. The molecule has 29 heavy (non-hydrogen) atoms. The molecule has 9 nitrogen and oxygen atoms in total. The van der Waals surface area contributed by atoms with Crippen LogP contribution in [0.15, 0.2) is 0 Å². The van der Waals surface area contributed by atoms with Gasteiger partial charge < -0.3 is 32.2 Å². The molecular formula is C20H39N5O4. The molecule has 0 aliphatic heterocycles. The Kier molecular flexibility index (Phi) is 13.1. The zero-order valence-corrected chi connectivity index (χ0v) is 18.4. The lowest BCUT2D eigenvalue weighted by atomic mass is 9.96. The van der Waals surface area contributed by atoms with Gasteiger partial charge in [-0.2, -0.15) is 0 Å². The molecule has 0 saturated heterocycles. The largest absolute Gasteiger partial charge is 0.345 e. The number of hydrogen-bond donors (Lipinski definition) is 5. The molecule has 0 spiro atoms. The molecule has 0 heterocycles. The van der Waals surface area contributed by atoms with E-state index >= 15 is 0 Å². The molecule has 0 radical (unpaired) electrons. The van der Waals surface area contributed by atoms with Gasteiger partial charge in [0.05, 0.1) is 12.1 Å². The second-order valence-corrected chi connectivity index (χ2v) is 7.91. The van der Waals surface area contributed by atoms with Crippen molar-refractivity contribution in [2.75, 3.05) is 6.54 Å². The maximum atomic E-state index is 12.7. The molecule has 0 unspecified atom stereocenters. The summed E-state index contributed by atoms with van der Waals surface area (Å²) in [5.41, 5.74) is 11.3. The summed E-state index contributed by atoms with van der Waals surface area (Å²) in [5, 5.41) is 7.94. The van der Waals surface area contributed by atoms with E-state index in [0.29, 0.717) is 25.7 Å². The van der Waals surface area contributed by atoms with Crippen molar-refractivity contribution in [2.45, 2.75) is 84.5 Å². The van der Waals surface area contributed by atoms with Crippen LogP contribution < -0.4 is 27.4 Å². The number of rotatable bonds is 14. The lowest BCUT2D eigenvalue weighted by molar-refractivity contribution is -0.133. The molecule has 168 valence electrons. The zero-order valence-electron chi connectivity index (χ0n) is 18.4. The minimum absolute atomic E-state index is 0.0695. The first kappa shape index (κ1) is 27.0.